The van der Waals surface area contributed by atoms with Crippen LogP contribution in [-0.2, 0) is 4.74 Å². The van der Waals surface area contributed by atoms with Crippen LogP contribution >= 0.6 is 0 Å². The van der Waals surface area contributed by atoms with Crippen LogP contribution in [0.15, 0.2) is 12.7 Å². The smallest absolute Gasteiger partial charge is 0.258 e. The van der Waals surface area contributed by atoms with E-state index in [-0.39, 0.29) is 5.95 Å². The van der Waals surface area contributed by atoms with Gasteiger partial charge in [-0.1, -0.05) is 0 Å². The number of nitrogens with two attached hydrogens (primary N) is 1. The minimum absolute atomic E-state index is 0.145. The van der Waals surface area contributed by atoms with Crippen molar-refractivity contribution < 1.29 is 4.74 Å². The fraction of sp³-hybridized carbons (Fsp3) is 0.500. The van der Waals surface area contributed by atoms with Gasteiger partial charge in [0.25, 0.3) is 5.95 Å². The molecule has 2 N–H and O–H groups in total. The number of nitrogens with zero attached hydrogens (tertiary/aromatic N) is 7. The van der Waals surface area contributed by atoms with Crippen molar-refractivity contribution in [2.75, 3.05) is 37.4 Å². The number of aromatic nitrogens is 6. The number of rotatable bonds is 6. The highest BCUT2D eigenvalue weighted by atomic mass is 16.5. The molecular weight excluding hydrogens is 248 g/mol. The minimum atomic E-state index is 0.145. The standard InChI is InChI=1S/C10H16N8O/c1-3-17(4-5-19-2)9-14-8(11)15-10(16-9)18-7-12-6-13-18/h6-7H,3-5H2,1-2H3,(H2,11,14,15,16). The molecule has 0 fully saturated rings. The molecule has 0 saturated carbocycles. The Kier molecular flexibility index (Phi) is 4.18. The molecule has 0 unspecified atom stereocenters. The lowest BCUT2D eigenvalue weighted by Crippen LogP contribution is -2.29. The third-order valence-electron chi connectivity index (χ3n) is 2.48. The van der Waals surface area contributed by atoms with Crippen molar-refractivity contribution in [3.05, 3.63) is 12.7 Å². The second-order valence-electron chi connectivity index (χ2n) is 3.71. The number of anilines is 2. The number of methoxy groups -OCH3 is 1. The molecule has 9 heteroatoms. The monoisotopic (exact) mass is 264 g/mol. The van der Waals surface area contributed by atoms with E-state index in [9.17, 15) is 0 Å². The van der Waals surface area contributed by atoms with Crippen LogP contribution in [0, 0.1) is 0 Å². The van der Waals surface area contributed by atoms with Crippen LogP contribution in [0.4, 0.5) is 11.9 Å². The highest BCUT2D eigenvalue weighted by Crippen LogP contribution is 2.10. The van der Waals surface area contributed by atoms with Crippen molar-refractivity contribution in [1.82, 2.24) is 29.7 Å². The second-order valence-corrected chi connectivity index (χ2v) is 3.71. The summed E-state index contributed by atoms with van der Waals surface area (Å²) in [6.45, 7) is 4.00. The van der Waals surface area contributed by atoms with Crippen LogP contribution in [0.25, 0.3) is 5.95 Å². The normalized spacial score (nSPS) is 10.6. The Morgan fingerprint density at radius 3 is 2.84 bits per heavy atom. The molecule has 19 heavy (non-hydrogen) atoms. The molecular formula is C10H16N8O. The van der Waals surface area contributed by atoms with Crippen molar-refractivity contribution in [3.8, 4) is 5.95 Å². The van der Waals surface area contributed by atoms with E-state index in [1.807, 2.05) is 11.8 Å². The van der Waals surface area contributed by atoms with Crippen molar-refractivity contribution in [2.24, 2.45) is 0 Å². The minimum Gasteiger partial charge on any atom is -0.383 e. The van der Waals surface area contributed by atoms with E-state index in [4.69, 9.17) is 10.5 Å². The van der Waals surface area contributed by atoms with Crippen LogP contribution in [0.2, 0.25) is 0 Å². The molecule has 2 rings (SSSR count). The average Bonchev–Trinajstić information content (AvgIpc) is 2.93. The summed E-state index contributed by atoms with van der Waals surface area (Å²) in [6, 6.07) is 0. The summed E-state index contributed by atoms with van der Waals surface area (Å²) in [6.07, 6.45) is 2.91. The highest BCUT2D eigenvalue weighted by Gasteiger charge is 2.12. The Bertz CT molecular complexity index is 514. The zero-order valence-electron chi connectivity index (χ0n) is 10.9. The van der Waals surface area contributed by atoms with E-state index in [1.165, 1.54) is 17.3 Å². The molecule has 2 heterocycles. The van der Waals surface area contributed by atoms with E-state index < -0.39 is 0 Å². The van der Waals surface area contributed by atoms with Crippen LogP contribution in [-0.4, -0.2) is 56.5 Å². The SMILES string of the molecule is CCN(CCOC)c1nc(N)nc(-n2cncn2)n1. The first-order valence-corrected chi connectivity index (χ1v) is 5.85. The Hall–Kier alpha value is -2.29. The summed E-state index contributed by atoms with van der Waals surface area (Å²) in [7, 11) is 1.65. The van der Waals surface area contributed by atoms with Gasteiger partial charge in [-0.15, -0.1) is 0 Å². The summed E-state index contributed by atoms with van der Waals surface area (Å²) < 4.78 is 6.49. The molecule has 2 aromatic rings. The predicted molar refractivity (Wildman–Crippen MR) is 68.9 cm³/mol. The van der Waals surface area contributed by atoms with Gasteiger partial charge in [-0.3, -0.25) is 0 Å². The van der Waals surface area contributed by atoms with Gasteiger partial charge in [-0.25, -0.2) is 4.98 Å². The van der Waals surface area contributed by atoms with Crippen molar-refractivity contribution in [2.45, 2.75) is 6.92 Å². The van der Waals surface area contributed by atoms with Gasteiger partial charge in [0.2, 0.25) is 11.9 Å². The third kappa shape index (κ3) is 3.13. The number of likely N-dealkylation sites (N-methyl/N-ethyl adjacent to an activating group) is 1. The third-order valence-corrected chi connectivity index (χ3v) is 2.48. The lowest BCUT2D eigenvalue weighted by molar-refractivity contribution is 0.205. The molecule has 0 aliphatic rings. The van der Waals surface area contributed by atoms with Crippen LogP contribution in [0.5, 0.6) is 0 Å². The van der Waals surface area contributed by atoms with Gasteiger partial charge in [0.1, 0.15) is 12.7 Å². The average molecular weight is 264 g/mol. The van der Waals surface area contributed by atoms with Crippen molar-refractivity contribution in [3.63, 3.8) is 0 Å². The molecule has 0 amide bonds. The summed E-state index contributed by atoms with van der Waals surface area (Å²) in [5.41, 5.74) is 5.71. The van der Waals surface area contributed by atoms with Gasteiger partial charge in [0.05, 0.1) is 6.61 Å². The Balaban J connectivity index is 2.30. The molecule has 9 nitrogen and oxygen atoms in total. The van der Waals surface area contributed by atoms with Gasteiger partial charge < -0.3 is 15.4 Å². The maximum atomic E-state index is 5.71. The lowest BCUT2D eigenvalue weighted by Gasteiger charge is -2.20. The Labute approximate surface area is 110 Å². The fourth-order valence-corrected chi connectivity index (χ4v) is 1.53. The molecule has 0 aliphatic carbocycles. The largest absolute Gasteiger partial charge is 0.383 e. The summed E-state index contributed by atoms with van der Waals surface area (Å²) in [5.74, 6) is 0.986. The second kappa shape index (κ2) is 6.05. The molecule has 0 aromatic carbocycles. The number of hydrogen-bond acceptors (Lipinski definition) is 8. The first kappa shape index (κ1) is 13.1. The summed E-state index contributed by atoms with van der Waals surface area (Å²) >= 11 is 0. The predicted octanol–water partition coefficient (Wildman–Crippen LogP) is -0.493. The maximum absolute atomic E-state index is 5.71. The molecule has 0 bridgehead atoms. The number of ether oxygens (including phenoxy) is 1. The molecule has 0 atom stereocenters. The zero-order valence-corrected chi connectivity index (χ0v) is 10.9. The van der Waals surface area contributed by atoms with Gasteiger partial charge in [-0.05, 0) is 6.92 Å². The van der Waals surface area contributed by atoms with Crippen LogP contribution in [0.1, 0.15) is 6.92 Å². The van der Waals surface area contributed by atoms with Crippen molar-refractivity contribution >= 4 is 11.9 Å². The Morgan fingerprint density at radius 1 is 1.37 bits per heavy atom. The lowest BCUT2D eigenvalue weighted by atomic mass is 10.5. The molecule has 0 saturated heterocycles. The zero-order chi connectivity index (χ0) is 13.7. The summed E-state index contributed by atoms with van der Waals surface area (Å²) in [5, 5.41) is 3.97. The van der Waals surface area contributed by atoms with Gasteiger partial charge in [-0.2, -0.15) is 24.7 Å². The maximum Gasteiger partial charge on any atom is 0.258 e. The molecule has 102 valence electrons. The van der Waals surface area contributed by atoms with Crippen LogP contribution in [0.3, 0.4) is 0 Å². The molecule has 0 radical (unpaired) electrons. The Morgan fingerprint density at radius 2 is 2.21 bits per heavy atom. The van der Waals surface area contributed by atoms with Gasteiger partial charge in [0, 0.05) is 20.2 Å². The van der Waals surface area contributed by atoms with E-state index in [0.717, 1.165) is 6.54 Å². The molecule has 2 aromatic heterocycles. The van der Waals surface area contributed by atoms with E-state index >= 15 is 0 Å². The quantitative estimate of drug-likeness (QED) is 0.744. The van der Waals surface area contributed by atoms with Gasteiger partial charge >= 0.3 is 0 Å². The summed E-state index contributed by atoms with van der Waals surface area (Å²) in [4.78, 5) is 18.3. The van der Waals surface area contributed by atoms with E-state index in [0.29, 0.717) is 25.0 Å². The van der Waals surface area contributed by atoms with Crippen molar-refractivity contribution in [1.29, 1.82) is 0 Å². The number of hydrogen-bond donors (Lipinski definition) is 1. The first-order valence-electron chi connectivity index (χ1n) is 5.85. The topological polar surface area (TPSA) is 108 Å². The fourth-order valence-electron chi connectivity index (χ4n) is 1.53. The molecule has 0 spiro atoms. The first-order chi connectivity index (χ1) is 9.24. The molecule has 0 aliphatic heterocycles. The van der Waals surface area contributed by atoms with E-state index in [1.54, 1.807) is 7.11 Å². The van der Waals surface area contributed by atoms with Gasteiger partial charge in [0.15, 0.2) is 0 Å². The number of nitrogen functional groups attached to an aromatic ring is 1. The van der Waals surface area contributed by atoms with E-state index in [2.05, 4.69) is 25.0 Å². The highest BCUT2D eigenvalue weighted by molar-refractivity contribution is 5.37. The van der Waals surface area contributed by atoms with Crippen LogP contribution < -0.4 is 10.6 Å².